The van der Waals surface area contributed by atoms with Crippen molar-refractivity contribution in [1.82, 2.24) is 4.90 Å². The summed E-state index contributed by atoms with van der Waals surface area (Å²) in [6.07, 6.45) is 3.49. The number of aliphatic hydroxyl groups excluding tert-OH is 1. The minimum absolute atomic E-state index is 0.0373. The van der Waals surface area contributed by atoms with Crippen molar-refractivity contribution < 1.29 is 19.0 Å². The van der Waals surface area contributed by atoms with Crippen LogP contribution < -0.4 is 4.74 Å². The Bertz CT molecular complexity index is 532. The average molecular weight is 293 g/mol. The van der Waals surface area contributed by atoms with Gasteiger partial charge in [-0.2, -0.15) is 0 Å². The first-order valence-electron chi connectivity index (χ1n) is 7.55. The summed E-state index contributed by atoms with van der Waals surface area (Å²) in [4.78, 5) is 14.5. The summed E-state index contributed by atoms with van der Waals surface area (Å²) in [7, 11) is 0. The van der Waals surface area contributed by atoms with Crippen LogP contribution in [0.2, 0.25) is 0 Å². The second-order valence-electron chi connectivity index (χ2n) is 5.76. The van der Waals surface area contributed by atoms with Gasteiger partial charge in [0.2, 0.25) is 0 Å². The van der Waals surface area contributed by atoms with Crippen LogP contribution in [0.15, 0.2) is 18.2 Å². The van der Waals surface area contributed by atoms with Gasteiger partial charge in [0.1, 0.15) is 11.6 Å². The number of likely N-dealkylation sites (tertiary alicyclic amines) is 1. The summed E-state index contributed by atoms with van der Waals surface area (Å²) < 4.78 is 18.9. The van der Waals surface area contributed by atoms with Crippen LogP contribution in [0.1, 0.15) is 31.2 Å². The summed E-state index contributed by atoms with van der Waals surface area (Å²) >= 11 is 0. The Kier molecular flexibility index (Phi) is 4.10. The minimum atomic E-state index is -0.555. The number of carbonyl (C=O) groups is 1. The fourth-order valence-electron chi connectivity index (χ4n) is 3.28. The number of hydrogen-bond acceptors (Lipinski definition) is 3. The highest BCUT2D eigenvalue weighted by Crippen LogP contribution is 2.31. The highest BCUT2D eigenvalue weighted by Gasteiger charge is 2.36. The quantitative estimate of drug-likeness (QED) is 0.926. The van der Waals surface area contributed by atoms with Crippen molar-refractivity contribution in [2.45, 2.75) is 44.2 Å². The lowest BCUT2D eigenvalue weighted by atomic mass is 9.98. The van der Waals surface area contributed by atoms with E-state index in [0.717, 1.165) is 24.8 Å². The Labute approximate surface area is 123 Å². The maximum atomic E-state index is 13.2. The SMILES string of the molecule is O=C(C1Cc2cc(F)ccc2O1)N1CCCCC1CCO. The van der Waals surface area contributed by atoms with Gasteiger partial charge in [-0.1, -0.05) is 0 Å². The molecule has 0 aromatic heterocycles. The monoisotopic (exact) mass is 293 g/mol. The van der Waals surface area contributed by atoms with E-state index in [9.17, 15) is 9.18 Å². The molecule has 114 valence electrons. The van der Waals surface area contributed by atoms with E-state index in [1.807, 2.05) is 4.90 Å². The maximum Gasteiger partial charge on any atom is 0.264 e. The van der Waals surface area contributed by atoms with Gasteiger partial charge in [0.05, 0.1) is 0 Å². The third-order valence-electron chi connectivity index (χ3n) is 4.35. The molecule has 1 N–H and O–H groups in total. The summed E-state index contributed by atoms with van der Waals surface area (Å²) in [6.45, 7) is 0.805. The first-order chi connectivity index (χ1) is 10.2. The molecule has 1 fully saturated rings. The Morgan fingerprint density at radius 3 is 3.10 bits per heavy atom. The van der Waals surface area contributed by atoms with Crippen LogP contribution in [0, 0.1) is 5.82 Å². The highest BCUT2D eigenvalue weighted by atomic mass is 19.1. The fraction of sp³-hybridized carbons (Fsp3) is 0.562. The van der Waals surface area contributed by atoms with Crippen LogP contribution >= 0.6 is 0 Å². The Hall–Kier alpha value is -1.62. The predicted molar refractivity (Wildman–Crippen MR) is 75.6 cm³/mol. The number of fused-ring (bicyclic) bond motifs is 1. The standard InChI is InChI=1S/C16H20FNO3/c17-12-4-5-14-11(9-12)10-15(21-14)16(20)18-7-2-1-3-13(18)6-8-19/h4-5,9,13,15,19H,1-3,6-8,10H2. The molecule has 2 heterocycles. The molecule has 2 atom stereocenters. The summed E-state index contributed by atoms with van der Waals surface area (Å²) in [5.41, 5.74) is 0.754. The molecule has 3 rings (SSSR count). The van der Waals surface area contributed by atoms with Gasteiger partial charge in [-0.25, -0.2) is 4.39 Å². The molecule has 0 radical (unpaired) electrons. The molecule has 5 heteroatoms. The second kappa shape index (κ2) is 6.02. The number of ether oxygens (including phenoxy) is 1. The number of benzene rings is 1. The van der Waals surface area contributed by atoms with E-state index in [0.29, 0.717) is 25.1 Å². The van der Waals surface area contributed by atoms with Crippen molar-refractivity contribution in [3.63, 3.8) is 0 Å². The van der Waals surface area contributed by atoms with Crippen LogP contribution in [-0.2, 0) is 11.2 Å². The lowest BCUT2D eigenvalue weighted by Crippen LogP contribution is -2.49. The lowest BCUT2D eigenvalue weighted by Gasteiger charge is -2.36. The third-order valence-corrected chi connectivity index (χ3v) is 4.35. The Morgan fingerprint density at radius 1 is 1.43 bits per heavy atom. The molecule has 0 bridgehead atoms. The van der Waals surface area contributed by atoms with Crippen LogP contribution in [0.3, 0.4) is 0 Å². The zero-order valence-corrected chi connectivity index (χ0v) is 11.9. The van der Waals surface area contributed by atoms with Gasteiger partial charge < -0.3 is 14.7 Å². The molecule has 2 aliphatic heterocycles. The van der Waals surface area contributed by atoms with Crippen molar-refractivity contribution in [2.75, 3.05) is 13.2 Å². The number of rotatable bonds is 3. The van der Waals surface area contributed by atoms with Gasteiger partial charge in [0.25, 0.3) is 5.91 Å². The molecule has 0 spiro atoms. The molecule has 1 aromatic rings. The summed E-state index contributed by atoms with van der Waals surface area (Å²) in [5, 5.41) is 9.15. The summed E-state index contributed by atoms with van der Waals surface area (Å²) in [5.74, 6) is 0.261. The molecule has 0 aliphatic carbocycles. The summed E-state index contributed by atoms with van der Waals surface area (Å²) in [6, 6.07) is 4.46. The third kappa shape index (κ3) is 2.88. The smallest absolute Gasteiger partial charge is 0.264 e. The molecule has 1 aromatic carbocycles. The van der Waals surface area contributed by atoms with Gasteiger partial charge in [-0.15, -0.1) is 0 Å². The van der Waals surface area contributed by atoms with Crippen molar-refractivity contribution in [1.29, 1.82) is 0 Å². The fourth-order valence-corrected chi connectivity index (χ4v) is 3.28. The highest BCUT2D eigenvalue weighted by molar-refractivity contribution is 5.83. The average Bonchev–Trinajstić information content (AvgIpc) is 2.90. The van der Waals surface area contributed by atoms with E-state index in [1.54, 1.807) is 6.07 Å². The lowest BCUT2D eigenvalue weighted by molar-refractivity contribution is -0.142. The van der Waals surface area contributed by atoms with Gasteiger partial charge in [0.15, 0.2) is 6.10 Å². The Balaban J connectivity index is 1.71. The van der Waals surface area contributed by atoms with Crippen molar-refractivity contribution >= 4 is 5.91 Å². The first-order valence-corrected chi connectivity index (χ1v) is 7.55. The van der Waals surface area contributed by atoms with E-state index < -0.39 is 6.10 Å². The van der Waals surface area contributed by atoms with Gasteiger partial charge in [0, 0.05) is 31.2 Å². The topological polar surface area (TPSA) is 49.8 Å². The maximum absolute atomic E-state index is 13.2. The number of piperidine rings is 1. The van der Waals surface area contributed by atoms with E-state index in [1.165, 1.54) is 12.1 Å². The van der Waals surface area contributed by atoms with E-state index in [2.05, 4.69) is 0 Å². The number of carbonyl (C=O) groups excluding carboxylic acids is 1. The molecular weight excluding hydrogens is 273 g/mol. The van der Waals surface area contributed by atoms with Crippen molar-refractivity contribution in [3.8, 4) is 5.75 Å². The number of hydrogen-bond donors (Lipinski definition) is 1. The molecule has 2 unspecified atom stereocenters. The number of aliphatic hydroxyl groups is 1. The van der Waals surface area contributed by atoms with Crippen LogP contribution in [0.25, 0.3) is 0 Å². The van der Waals surface area contributed by atoms with E-state index in [4.69, 9.17) is 9.84 Å². The number of nitrogens with zero attached hydrogens (tertiary/aromatic N) is 1. The van der Waals surface area contributed by atoms with Crippen LogP contribution in [0.5, 0.6) is 5.75 Å². The molecule has 1 saturated heterocycles. The predicted octanol–water partition coefficient (Wildman–Crippen LogP) is 1.89. The van der Waals surface area contributed by atoms with Gasteiger partial charge >= 0.3 is 0 Å². The zero-order chi connectivity index (χ0) is 14.8. The minimum Gasteiger partial charge on any atom is -0.480 e. The van der Waals surface area contributed by atoms with E-state index >= 15 is 0 Å². The number of halogens is 1. The molecular formula is C16H20FNO3. The number of amides is 1. The van der Waals surface area contributed by atoms with Crippen LogP contribution in [0.4, 0.5) is 4.39 Å². The normalized spacial score (nSPS) is 24.6. The van der Waals surface area contributed by atoms with Crippen LogP contribution in [-0.4, -0.2) is 41.2 Å². The molecule has 2 aliphatic rings. The second-order valence-corrected chi connectivity index (χ2v) is 5.76. The van der Waals surface area contributed by atoms with Gasteiger partial charge in [-0.3, -0.25) is 4.79 Å². The van der Waals surface area contributed by atoms with Crippen molar-refractivity contribution in [2.24, 2.45) is 0 Å². The van der Waals surface area contributed by atoms with Crippen molar-refractivity contribution in [3.05, 3.63) is 29.6 Å². The largest absolute Gasteiger partial charge is 0.480 e. The van der Waals surface area contributed by atoms with E-state index in [-0.39, 0.29) is 24.4 Å². The Morgan fingerprint density at radius 2 is 2.29 bits per heavy atom. The molecule has 21 heavy (non-hydrogen) atoms. The molecule has 4 nitrogen and oxygen atoms in total. The van der Waals surface area contributed by atoms with Gasteiger partial charge in [-0.05, 0) is 43.9 Å². The zero-order valence-electron chi connectivity index (χ0n) is 11.9. The molecule has 0 saturated carbocycles. The molecule has 1 amide bonds. The first kappa shape index (κ1) is 14.3.